The minimum Gasteiger partial charge on any atom is -0.292 e. The Hall–Kier alpha value is -6.30. The summed E-state index contributed by atoms with van der Waals surface area (Å²) >= 11 is 1.85. The molecule has 0 aliphatic rings. The van der Waals surface area contributed by atoms with Gasteiger partial charge >= 0.3 is 0 Å². The molecule has 0 aliphatic carbocycles. The molecule has 230 valence electrons. The number of hydrogen-bond donors (Lipinski definition) is 0. The van der Waals surface area contributed by atoms with Crippen LogP contribution in [0.5, 0.6) is 0 Å². The van der Waals surface area contributed by atoms with E-state index in [2.05, 4.69) is 179 Å². The number of para-hydroxylation sites is 4. The standard InChI is InChI=1S/C44H28N4S/c1-3-13-29(14-4-1)43-45-37-18-8-10-20-39(37)47(43)33-25-32(31-23-24-36-35-17-7-12-22-41(35)49-42(36)27-31)26-34(28-33)48-40-21-11-9-19-38(40)46-44(48)30-15-5-2-6-16-30/h1-28H. The zero-order chi connectivity index (χ0) is 32.3. The second-order valence-corrected chi connectivity index (χ2v) is 13.4. The van der Waals surface area contributed by atoms with Gasteiger partial charge in [0, 0.05) is 31.3 Å². The maximum absolute atomic E-state index is 5.18. The highest BCUT2D eigenvalue weighted by molar-refractivity contribution is 7.25. The number of rotatable bonds is 5. The predicted molar refractivity (Wildman–Crippen MR) is 205 cm³/mol. The summed E-state index contributed by atoms with van der Waals surface area (Å²) in [7, 11) is 0. The Bertz CT molecular complexity index is 2690. The SMILES string of the molecule is c1ccc(-c2nc3ccccc3n2-c2cc(-c3ccc4c(c3)sc3ccccc34)cc(-n3c(-c4ccccc4)nc4ccccc43)c2)cc1. The van der Waals surface area contributed by atoms with Gasteiger partial charge in [-0.15, -0.1) is 11.3 Å². The van der Waals surface area contributed by atoms with Gasteiger partial charge in [0.1, 0.15) is 11.6 Å². The molecule has 0 radical (unpaired) electrons. The maximum Gasteiger partial charge on any atom is 0.145 e. The fourth-order valence-corrected chi connectivity index (χ4v) is 8.21. The molecular weight excluding hydrogens is 617 g/mol. The summed E-state index contributed by atoms with van der Waals surface area (Å²) in [4.78, 5) is 10.4. The minimum atomic E-state index is 0.906. The van der Waals surface area contributed by atoms with E-state index in [0.29, 0.717) is 0 Å². The van der Waals surface area contributed by atoms with Crippen molar-refractivity contribution in [2.24, 2.45) is 0 Å². The largest absolute Gasteiger partial charge is 0.292 e. The number of benzene rings is 7. The molecule has 0 saturated carbocycles. The molecule has 10 aromatic rings. The molecule has 10 rings (SSSR count). The fraction of sp³-hybridized carbons (Fsp3) is 0. The van der Waals surface area contributed by atoms with E-state index in [1.54, 1.807) is 0 Å². The van der Waals surface area contributed by atoms with Gasteiger partial charge in [-0.1, -0.05) is 115 Å². The van der Waals surface area contributed by atoms with Crippen molar-refractivity contribution in [1.29, 1.82) is 0 Å². The highest BCUT2D eigenvalue weighted by atomic mass is 32.1. The van der Waals surface area contributed by atoms with Crippen molar-refractivity contribution in [3.63, 3.8) is 0 Å². The second kappa shape index (κ2) is 11.2. The first kappa shape index (κ1) is 27.8. The average molecular weight is 645 g/mol. The van der Waals surface area contributed by atoms with Crippen molar-refractivity contribution in [1.82, 2.24) is 19.1 Å². The lowest BCUT2D eigenvalue weighted by Crippen LogP contribution is -2.03. The van der Waals surface area contributed by atoms with Crippen LogP contribution in [0.1, 0.15) is 0 Å². The summed E-state index contributed by atoms with van der Waals surface area (Å²) < 4.78 is 7.19. The molecule has 0 spiro atoms. The lowest BCUT2D eigenvalue weighted by atomic mass is 10.0. The Morgan fingerprint density at radius 1 is 0.367 bits per heavy atom. The number of aromatic nitrogens is 4. The molecule has 49 heavy (non-hydrogen) atoms. The van der Waals surface area contributed by atoms with E-state index in [1.807, 2.05) is 11.3 Å². The van der Waals surface area contributed by atoms with Crippen LogP contribution in [-0.4, -0.2) is 19.1 Å². The molecule has 4 nitrogen and oxygen atoms in total. The summed E-state index contributed by atoms with van der Waals surface area (Å²) in [6, 6.07) is 60.2. The van der Waals surface area contributed by atoms with Gasteiger partial charge in [0.25, 0.3) is 0 Å². The molecule has 0 bridgehead atoms. The Morgan fingerprint density at radius 3 is 1.49 bits per heavy atom. The van der Waals surface area contributed by atoms with E-state index >= 15 is 0 Å². The fourth-order valence-electron chi connectivity index (χ4n) is 7.06. The zero-order valence-electron chi connectivity index (χ0n) is 26.4. The van der Waals surface area contributed by atoms with E-state index in [4.69, 9.17) is 9.97 Å². The van der Waals surface area contributed by atoms with Gasteiger partial charge in [-0.25, -0.2) is 9.97 Å². The third kappa shape index (κ3) is 4.59. The van der Waals surface area contributed by atoms with Crippen molar-refractivity contribution in [3.05, 3.63) is 170 Å². The van der Waals surface area contributed by atoms with Crippen LogP contribution in [0.25, 0.3) is 87.5 Å². The van der Waals surface area contributed by atoms with Gasteiger partial charge in [-0.3, -0.25) is 9.13 Å². The molecule has 0 unspecified atom stereocenters. The summed E-state index contributed by atoms with van der Waals surface area (Å²) in [6.45, 7) is 0. The molecule has 3 aromatic heterocycles. The average Bonchev–Trinajstić information content (AvgIpc) is 3.87. The minimum absolute atomic E-state index is 0.906. The summed E-state index contributed by atoms with van der Waals surface area (Å²) in [5, 5.41) is 2.60. The topological polar surface area (TPSA) is 35.6 Å². The predicted octanol–water partition coefficient (Wildman–Crippen LogP) is 11.7. The van der Waals surface area contributed by atoms with Crippen molar-refractivity contribution in [3.8, 4) is 45.3 Å². The lowest BCUT2D eigenvalue weighted by molar-refractivity contribution is 1.07. The Labute approximate surface area is 286 Å². The summed E-state index contributed by atoms with van der Waals surface area (Å²) in [6.07, 6.45) is 0. The molecule has 0 fully saturated rings. The normalized spacial score (nSPS) is 11.7. The third-order valence-corrected chi connectivity index (χ3v) is 10.5. The Balaban J connectivity index is 1.29. The Morgan fingerprint density at radius 2 is 0.878 bits per heavy atom. The smallest absolute Gasteiger partial charge is 0.145 e. The van der Waals surface area contributed by atoms with Gasteiger partial charge < -0.3 is 0 Å². The van der Waals surface area contributed by atoms with Crippen molar-refractivity contribution >= 4 is 53.6 Å². The molecule has 3 heterocycles. The molecule has 5 heteroatoms. The van der Waals surface area contributed by atoms with Gasteiger partial charge in [0.05, 0.1) is 33.4 Å². The molecule has 0 atom stereocenters. The van der Waals surface area contributed by atoms with Crippen LogP contribution in [0.4, 0.5) is 0 Å². The maximum atomic E-state index is 5.18. The first-order valence-corrected chi connectivity index (χ1v) is 17.2. The number of fused-ring (bicyclic) bond motifs is 5. The number of thiophene rings is 1. The van der Waals surface area contributed by atoms with Crippen LogP contribution >= 0.6 is 11.3 Å². The monoisotopic (exact) mass is 644 g/mol. The van der Waals surface area contributed by atoms with Crippen LogP contribution in [0.15, 0.2) is 170 Å². The van der Waals surface area contributed by atoms with Gasteiger partial charge in [0.2, 0.25) is 0 Å². The van der Waals surface area contributed by atoms with Gasteiger partial charge in [-0.05, 0) is 65.7 Å². The highest BCUT2D eigenvalue weighted by Gasteiger charge is 2.20. The molecular formula is C44H28N4S. The van der Waals surface area contributed by atoms with Crippen LogP contribution in [-0.2, 0) is 0 Å². The molecule has 0 N–H and O–H groups in total. The number of nitrogens with zero attached hydrogens (tertiary/aromatic N) is 4. The summed E-state index contributed by atoms with van der Waals surface area (Å²) in [5.41, 5.74) is 10.5. The summed E-state index contributed by atoms with van der Waals surface area (Å²) in [5.74, 6) is 1.81. The van der Waals surface area contributed by atoms with Crippen LogP contribution < -0.4 is 0 Å². The molecule has 7 aromatic carbocycles. The van der Waals surface area contributed by atoms with Crippen molar-refractivity contribution in [2.75, 3.05) is 0 Å². The third-order valence-electron chi connectivity index (χ3n) is 9.32. The van der Waals surface area contributed by atoms with E-state index in [9.17, 15) is 0 Å². The van der Waals surface area contributed by atoms with Crippen molar-refractivity contribution in [2.45, 2.75) is 0 Å². The number of imidazole rings is 2. The zero-order valence-corrected chi connectivity index (χ0v) is 27.2. The van der Waals surface area contributed by atoms with Crippen LogP contribution in [0, 0.1) is 0 Å². The lowest BCUT2D eigenvalue weighted by Gasteiger charge is -2.17. The quantitative estimate of drug-likeness (QED) is 0.187. The van der Waals surface area contributed by atoms with Crippen LogP contribution in [0.2, 0.25) is 0 Å². The number of hydrogen-bond acceptors (Lipinski definition) is 3. The Kier molecular flexibility index (Phi) is 6.32. The second-order valence-electron chi connectivity index (χ2n) is 12.3. The van der Waals surface area contributed by atoms with E-state index < -0.39 is 0 Å². The highest BCUT2D eigenvalue weighted by Crippen LogP contribution is 2.39. The molecule has 0 amide bonds. The molecule has 0 aliphatic heterocycles. The van der Waals surface area contributed by atoms with Crippen molar-refractivity contribution < 1.29 is 0 Å². The first-order valence-electron chi connectivity index (χ1n) is 16.4. The van der Waals surface area contributed by atoms with E-state index in [-0.39, 0.29) is 0 Å². The van der Waals surface area contributed by atoms with Gasteiger partial charge in [-0.2, -0.15) is 0 Å². The first-order chi connectivity index (χ1) is 24.3. The van der Waals surface area contributed by atoms with Gasteiger partial charge in [0.15, 0.2) is 0 Å². The van der Waals surface area contributed by atoms with E-state index in [0.717, 1.165) is 61.8 Å². The molecule has 0 saturated heterocycles. The van der Waals surface area contributed by atoms with E-state index in [1.165, 1.54) is 25.7 Å². The van der Waals surface area contributed by atoms with Crippen LogP contribution in [0.3, 0.4) is 0 Å².